The van der Waals surface area contributed by atoms with Crippen LogP contribution in [0.1, 0.15) is 32.1 Å². The molecule has 1 aromatic rings. The molecule has 0 unspecified atom stereocenters. The molecular formula is C15H22N2O4. The molecule has 6 nitrogen and oxygen atoms in total. The summed E-state index contributed by atoms with van der Waals surface area (Å²) < 4.78 is 5.13. The minimum absolute atomic E-state index is 0.103. The summed E-state index contributed by atoms with van der Waals surface area (Å²) in [4.78, 5) is 22.3. The molecule has 0 spiro atoms. The van der Waals surface area contributed by atoms with Crippen LogP contribution in [0.3, 0.4) is 0 Å². The highest BCUT2D eigenvalue weighted by atomic mass is 16.5. The molecule has 0 heterocycles. The molecule has 1 amide bonds. The number of aliphatic carboxylic acids is 1. The van der Waals surface area contributed by atoms with Crippen LogP contribution in [-0.4, -0.2) is 30.1 Å². The van der Waals surface area contributed by atoms with Crippen LogP contribution in [0.2, 0.25) is 0 Å². The molecule has 0 aliphatic rings. The van der Waals surface area contributed by atoms with E-state index in [1.54, 1.807) is 24.3 Å². The Hall–Kier alpha value is -2.08. The topological polar surface area (TPSA) is 102 Å². The Labute approximate surface area is 124 Å². The number of nitrogens with two attached hydrogens (primary N) is 1. The molecule has 4 N–H and O–H groups in total. The number of hydrogen-bond acceptors (Lipinski definition) is 4. The van der Waals surface area contributed by atoms with Crippen molar-refractivity contribution in [2.24, 2.45) is 5.73 Å². The zero-order valence-corrected chi connectivity index (χ0v) is 12.0. The molecule has 0 fully saturated rings. The van der Waals surface area contributed by atoms with E-state index in [9.17, 15) is 9.59 Å². The van der Waals surface area contributed by atoms with Crippen LogP contribution < -0.4 is 15.8 Å². The molecule has 0 atom stereocenters. The van der Waals surface area contributed by atoms with Gasteiger partial charge in [0.25, 0.3) is 0 Å². The largest absolute Gasteiger partial charge is 0.480 e. The maximum absolute atomic E-state index is 11.8. The molecule has 0 saturated heterocycles. The third kappa shape index (κ3) is 7.31. The zero-order chi connectivity index (χ0) is 15.5. The number of unbranched alkanes of at least 4 members (excludes halogenated alkanes) is 3. The average Bonchev–Trinajstić information content (AvgIpc) is 2.46. The van der Waals surface area contributed by atoms with Crippen molar-refractivity contribution < 1.29 is 19.4 Å². The predicted molar refractivity (Wildman–Crippen MR) is 80.3 cm³/mol. The first kappa shape index (κ1) is 17.0. The number of amides is 1. The van der Waals surface area contributed by atoms with Crippen LogP contribution in [0.4, 0.5) is 5.69 Å². The quantitative estimate of drug-likeness (QED) is 0.573. The van der Waals surface area contributed by atoms with Gasteiger partial charge in [-0.1, -0.05) is 25.0 Å². The van der Waals surface area contributed by atoms with E-state index in [0.29, 0.717) is 24.4 Å². The van der Waals surface area contributed by atoms with Gasteiger partial charge in [0.2, 0.25) is 5.91 Å². The van der Waals surface area contributed by atoms with Gasteiger partial charge in [-0.25, -0.2) is 4.79 Å². The highest BCUT2D eigenvalue weighted by Gasteiger charge is 2.08. The van der Waals surface area contributed by atoms with Crippen molar-refractivity contribution >= 4 is 17.6 Å². The number of hydrogen-bond donors (Lipinski definition) is 3. The lowest BCUT2D eigenvalue weighted by Gasteiger charge is -2.11. The fourth-order valence-electron chi connectivity index (χ4n) is 1.83. The molecule has 6 heteroatoms. The SMILES string of the molecule is NCCCCCCC(=O)Nc1ccccc1OCC(=O)O. The smallest absolute Gasteiger partial charge is 0.341 e. The van der Waals surface area contributed by atoms with Gasteiger partial charge in [-0.2, -0.15) is 0 Å². The molecule has 0 saturated carbocycles. The Balaban J connectivity index is 2.42. The maximum Gasteiger partial charge on any atom is 0.341 e. The van der Waals surface area contributed by atoms with Gasteiger partial charge in [-0.15, -0.1) is 0 Å². The third-order valence-electron chi connectivity index (χ3n) is 2.87. The van der Waals surface area contributed by atoms with E-state index in [1.165, 1.54) is 0 Å². The minimum atomic E-state index is -1.06. The summed E-state index contributed by atoms with van der Waals surface area (Å²) in [5.41, 5.74) is 5.90. The van der Waals surface area contributed by atoms with E-state index in [4.69, 9.17) is 15.6 Å². The van der Waals surface area contributed by atoms with Gasteiger partial charge in [0.1, 0.15) is 5.75 Å². The Morgan fingerprint density at radius 1 is 1.14 bits per heavy atom. The van der Waals surface area contributed by atoms with Gasteiger partial charge in [0.15, 0.2) is 6.61 Å². The monoisotopic (exact) mass is 294 g/mol. The van der Waals surface area contributed by atoms with Crippen LogP contribution in [0.15, 0.2) is 24.3 Å². The molecule has 0 aliphatic heterocycles. The summed E-state index contributed by atoms with van der Waals surface area (Å²) in [6.45, 7) is 0.243. The summed E-state index contributed by atoms with van der Waals surface area (Å²) in [6.07, 6.45) is 4.22. The molecular weight excluding hydrogens is 272 g/mol. The van der Waals surface area contributed by atoms with Crippen LogP contribution >= 0.6 is 0 Å². The number of para-hydroxylation sites is 2. The summed E-state index contributed by atoms with van der Waals surface area (Å²) in [6, 6.07) is 6.79. The highest BCUT2D eigenvalue weighted by Crippen LogP contribution is 2.24. The fraction of sp³-hybridized carbons (Fsp3) is 0.467. The van der Waals surface area contributed by atoms with E-state index in [1.807, 2.05) is 0 Å². The third-order valence-corrected chi connectivity index (χ3v) is 2.87. The van der Waals surface area contributed by atoms with Gasteiger partial charge < -0.3 is 20.9 Å². The summed E-state index contributed by atoms with van der Waals surface area (Å²) in [7, 11) is 0. The Bertz CT molecular complexity index is 463. The van der Waals surface area contributed by atoms with E-state index < -0.39 is 12.6 Å². The van der Waals surface area contributed by atoms with E-state index in [-0.39, 0.29) is 5.91 Å². The van der Waals surface area contributed by atoms with E-state index >= 15 is 0 Å². The van der Waals surface area contributed by atoms with Crippen molar-refractivity contribution in [3.63, 3.8) is 0 Å². The van der Waals surface area contributed by atoms with Crippen LogP contribution in [0, 0.1) is 0 Å². The molecule has 0 bridgehead atoms. The van der Waals surface area contributed by atoms with Crippen LogP contribution in [-0.2, 0) is 9.59 Å². The van der Waals surface area contributed by atoms with Crippen molar-refractivity contribution in [1.29, 1.82) is 0 Å². The minimum Gasteiger partial charge on any atom is -0.480 e. The van der Waals surface area contributed by atoms with E-state index in [2.05, 4.69) is 5.32 Å². The molecule has 21 heavy (non-hydrogen) atoms. The first-order chi connectivity index (χ1) is 10.1. The Morgan fingerprint density at radius 3 is 2.57 bits per heavy atom. The first-order valence-corrected chi connectivity index (χ1v) is 7.07. The number of carboxylic acid groups (broad SMARTS) is 1. The Kier molecular flexibility index (Phi) is 7.89. The number of nitrogens with one attached hydrogen (secondary N) is 1. The Morgan fingerprint density at radius 2 is 1.86 bits per heavy atom. The number of carboxylic acids is 1. The number of rotatable bonds is 10. The van der Waals surface area contributed by atoms with Gasteiger partial charge in [0, 0.05) is 6.42 Å². The second-order valence-corrected chi connectivity index (χ2v) is 4.68. The summed E-state index contributed by atoms with van der Waals surface area (Å²) >= 11 is 0. The molecule has 1 rings (SSSR count). The number of ether oxygens (including phenoxy) is 1. The van der Waals surface area contributed by atoms with Crippen molar-refractivity contribution in [3.8, 4) is 5.75 Å². The lowest BCUT2D eigenvalue weighted by atomic mass is 10.1. The van der Waals surface area contributed by atoms with Gasteiger partial charge in [-0.3, -0.25) is 4.79 Å². The molecule has 116 valence electrons. The maximum atomic E-state index is 11.8. The molecule has 1 aromatic carbocycles. The van der Waals surface area contributed by atoms with Gasteiger partial charge >= 0.3 is 5.97 Å². The van der Waals surface area contributed by atoms with E-state index in [0.717, 1.165) is 25.7 Å². The van der Waals surface area contributed by atoms with Crippen LogP contribution in [0.5, 0.6) is 5.75 Å². The van der Waals surface area contributed by atoms with Gasteiger partial charge in [-0.05, 0) is 31.5 Å². The number of carbonyl (C=O) groups is 2. The molecule has 0 aliphatic carbocycles. The van der Waals surface area contributed by atoms with Gasteiger partial charge in [0.05, 0.1) is 5.69 Å². The predicted octanol–water partition coefficient (Wildman–Crippen LogP) is 2.00. The van der Waals surface area contributed by atoms with Crippen molar-refractivity contribution in [3.05, 3.63) is 24.3 Å². The standard InChI is InChI=1S/C15H22N2O4/c16-10-6-2-1-3-9-14(18)17-12-7-4-5-8-13(12)21-11-15(19)20/h4-5,7-8H,1-3,6,9-11,16H2,(H,17,18)(H,19,20). The van der Waals surface area contributed by atoms with Crippen molar-refractivity contribution in [2.45, 2.75) is 32.1 Å². The number of anilines is 1. The van der Waals surface area contributed by atoms with Crippen molar-refractivity contribution in [1.82, 2.24) is 0 Å². The molecule has 0 aromatic heterocycles. The lowest BCUT2D eigenvalue weighted by Crippen LogP contribution is -2.14. The number of benzene rings is 1. The number of carbonyl (C=O) groups excluding carboxylic acids is 1. The average molecular weight is 294 g/mol. The summed E-state index contributed by atoms with van der Waals surface area (Å²) in [5, 5.41) is 11.4. The summed E-state index contributed by atoms with van der Waals surface area (Å²) in [5.74, 6) is -0.804. The highest BCUT2D eigenvalue weighted by molar-refractivity contribution is 5.92. The van der Waals surface area contributed by atoms with Crippen molar-refractivity contribution in [2.75, 3.05) is 18.5 Å². The normalized spacial score (nSPS) is 10.1. The second kappa shape index (κ2) is 9.77. The fourth-order valence-corrected chi connectivity index (χ4v) is 1.83. The zero-order valence-electron chi connectivity index (χ0n) is 12.0. The van der Waals surface area contributed by atoms with Crippen LogP contribution in [0.25, 0.3) is 0 Å². The molecule has 0 radical (unpaired) electrons. The second-order valence-electron chi connectivity index (χ2n) is 4.68. The first-order valence-electron chi connectivity index (χ1n) is 7.07. The lowest BCUT2D eigenvalue weighted by molar-refractivity contribution is -0.139.